The van der Waals surface area contributed by atoms with Crippen molar-refractivity contribution in [2.75, 3.05) is 26.4 Å². The molecule has 230 valence electrons. The van der Waals surface area contributed by atoms with Gasteiger partial charge in [0, 0.05) is 0 Å². The topological polar surface area (TPSA) is 289 Å². The minimum Gasteiger partial charge on any atom is -0.394 e. The molecule has 2 fully saturated rings. The van der Waals surface area contributed by atoms with Crippen LogP contribution in [0, 0.1) is 0 Å². The van der Waals surface area contributed by atoms with Crippen LogP contribution in [0.4, 0.5) is 0 Å². The normalized spacial score (nSPS) is 39.5. The Hall–Kier alpha value is -0.970. The third kappa shape index (κ3) is 8.29. The fraction of sp³-hybridized carbons (Fsp3) is 0.955. The summed E-state index contributed by atoms with van der Waals surface area (Å²) in [6.07, 6.45) is -24.7. The summed E-state index contributed by atoms with van der Waals surface area (Å²) in [5.74, 6) is -0.832. The van der Waals surface area contributed by atoms with Gasteiger partial charge in [-0.3, -0.25) is 4.79 Å². The molecule has 17 heteroatoms. The Kier molecular flexibility index (Phi) is 13.4. The summed E-state index contributed by atoms with van der Waals surface area (Å²) in [6.45, 7) is 1.39. The lowest BCUT2D eigenvalue weighted by Gasteiger charge is -2.42. The van der Waals surface area contributed by atoms with E-state index in [2.05, 4.69) is 5.32 Å². The number of aliphatic hydroxyl groups excluding tert-OH is 11. The van der Waals surface area contributed by atoms with Crippen LogP contribution in [-0.4, -0.2) is 180 Å². The number of hydrogen-bond acceptors (Lipinski definition) is 17. The van der Waals surface area contributed by atoms with Gasteiger partial charge in [0.15, 0.2) is 18.4 Å². The predicted octanol–water partition coefficient (Wildman–Crippen LogP) is -7.36. The number of ketones is 1. The second kappa shape index (κ2) is 15.3. The molecule has 0 aromatic heterocycles. The number of carbonyl (C=O) groups is 1. The summed E-state index contributed by atoms with van der Waals surface area (Å²) in [5.41, 5.74) is 0. The van der Waals surface area contributed by atoms with Crippen molar-refractivity contribution in [3.05, 3.63) is 0 Å². The van der Waals surface area contributed by atoms with E-state index in [-0.39, 0.29) is 0 Å². The first-order chi connectivity index (χ1) is 18.3. The molecule has 0 amide bonds. The van der Waals surface area contributed by atoms with Crippen LogP contribution in [0.15, 0.2) is 0 Å². The third-order valence-corrected chi connectivity index (χ3v) is 6.67. The number of rotatable bonds is 14. The molecule has 0 spiro atoms. The van der Waals surface area contributed by atoms with Crippen molar-refractivity contribution in [1.29, 1.82) is 0 Å². The zero-order chi connectivity index (χ0) is 29.6. The lowest BCUT2D eigenvalue weighted by molar-refractivity contribution is -0.333. The zero-order valence-electron chi connectivity index (χ0n) is 21.4. The van der Waals surface area contributed by atoms with E-state index in [0.717, 1.165) is 0 Å². The van der Waals surface area contributed by atoms with Gasteiger partial charge in [-0.2, -0.15) is 0 Å². The molecule has 2 aliphatic heterocycles. The van der Waals surface area contributed by atoms with Gasteiger partial charge in [-0.15, -0.1) is 0 Å². The quantitative estimate of drug-likeness (QED) is 0.0915. The van der Waals surface area contributed by atoms with E-state index in [1.165, 1.54) is 6.92 Å². The molecular weight excluding hydrogens is 534 g/mol. The number of ether oxygens (including phenoxy) is 4. The zero-order valence-corrected chi connectivity index (χ0v) is 21.4. The number of aliphatic hydroxyl groups is 11. The van der Waals surface area contributed by atoms with Gasteiger partial charge in [-0.25, -0.2) is 0 Å². The molecule has 2 heterocycles. The first kappa shape index (κ1) is 34.2. The van der Waals surface area contributed by atoms with Gasteiger partial charge in [0.05, 0.1) is 25.9 Å². The summed E-state index contributed by atoms with van der Waals surface area (Å²) in [7, 11) is 0. The monoisotopic (exact) mass is 575 g/mol. The average Bonchev–Trinajstić information content (AvgIpc) is 2.92. The van der Waals surface area contributed by atoms with Crippen LogP contribution in [-0.2, 0) is 23.7 Å². The van der Waals surface area contributed by atoms with E-state index in [1.807, 2.05) is 0 Å². The van der Waals surface area contributed by atoms with Crippen LogP contribution < -0.4 is 5.32 Å². The van der Waals surface area contributed by atoms with E-state index in [4.69, 9.17) is 18.9 Å². The molecule has 1 unspecified atom stereocenters. The molecule has 0 aromatic rings. The Balaban J connectivity index is 1.95. The highest BCUT2D eigenvalue weighted by Gasteiger charge is 2.48. The third-order valence-electron chi connectivity index (χ3n) is 6.67. The maximum Gasteiger partial charge on any atom is 0.186 e. The maximum absolute atomic E-state index is 12.1. The summed E-state index contributed by atoms with van der Waals surface area (Å²) < 4.78 is 21.0. The van der Waals surface area contributed by atoms with Gasteiger partial charge >= 0.3 is 0 Å². The Bertz CT molecular complexity index is 747. The van der Waals surface area contributed by atoms with Crippen LogP contribution in [0.5, 0.6) is 0 Å². The molecule has 0 aromatic carbocycles. The standard InChI is InChI=1S/C22H41NO16/c1-3-23-7(2)11(26)15(30)16(31)12(27)8(25)5-36-21-20(35)18(33)14(29)10(39-21)6-37-22-19(34)17(32)13(28)9(4-24)38-22/h7-10,12-25,27-35H,3-6H2,1-2H3/t7?,8-,9-,10-,12-,13-,14-,15+,16+,17+,18+,19-,20-,21+,22+/m1/s1. The Morgan fingerprint density at radius 3 is 1.85 bits per heavy atom. The SMILES string of the molecule is CCNC(C)C(=O)[C@H](O)[C@@H](O)[C@H](O)[C@H](O)CO[C@H]1O[C@H](CO[C@H]2O[C@H](CO)[C@@H](O)[C@H](O)[C@H]2O)[C@@H](O)[C@H](O)[C@H]1O. The Morgan fingerprint density at radius 2 is 1.31 bits per heavy atom. The number of likely N-dealkylation sites (N-methyl/N-ethyl adjacent to an activating group) is 1. The summed E-state index contributed by atoms with van der Waals surface area (Å²) >= 11 is 0. The summed E-state index contributed by atoms with van der Waals surface area (Å²) in [5, 5.41) is 113. The molecule has 2 rings (SSSR count). The fourth-order valence-corrected chi connectivity index (χ4v) is 4.12. The average molecular weight is 576 g/mol. The van der Waals surface area contributed by atoms with Crippen LogP contribution in [0.1, 0.15) is 13.8 Å². The van der Waals surface area contributed by atoms with E-state index in [0.29, 0.717) is 6.54 Å². The van der Waals surface area contributed by atoms with Crippen LogP contribution >= 0.6 is 0 Å². The molecule has 39 heavy (non-hydrogen) atoms. The predicted molar refractivity (Wildman–Crippen MR) is 125 cm³/mol. The number of nitrogens with one attached hydrogen (secondary N) is 1. The second-order valence-electron chi connectivity index (χ2n) is 9.55. The molecule has 0 bridgehead atoms. The van der Waals surface area contributed by atoms with Crippen molar-refractivity contribution >= 4 is 5.78 Å². The largest absolute Gasteiger partial charge is 0.394 e. The fourth-order valence-electron chi connectivity index (χ4n) is 4.12. The highest BCUT2D eigenvalue weighted by Crippen LogP contribution is 2.26. The van der Waals surface area contributed by atoms with Gasteiger partial charge in [0.1, 0.15) is 73.2 Å². The molecule has 15 atom stereocenters. The lowest BCUT2D eigenvalue weighted by atomic mass is 9.97. The van der Waals surface area contributed by atoms with Crippen molar-refractivity contribution in [2.45, 2.75) is 106 Å². The smallest absolute Gasteiger partial charge is 0.186 e. The molecule has 2 aliphatic rings. The first-order valence-corrected chi connectivity index (χ1v) is 12.5. The number of hydrogen-bond donors (Lipinski definition) is 12. The van der Waals surface area contributed by atoms with Crippen molar-refractivity contribution < 1.29 is 79.9 Å². The van der Waals surface area contributed by atoms with E-state index >= 15 is 0 Å². The van der Waals surface area contributed by atoms with Gasteiger partial charge in [0.2, 0.25) is 0 Å². The highest BCUT2D eigenvalue weighted by atomic mass is 16.7. The molecule has 12 N–H and O–H groups in total. The van der Waals surface area contributed by atoms with E-state index in [1.54, 1.807) is 6.92 Å². The van der Waals surface area contributed by atoms with Crippen LogP contribution in [0.25, 0.3) is 0 Å². The van der Waals surface area contributed by atoms with Crippen molar-refractivity contribution in [2.24, 2.45) is 0 Å². The molecule has 2 saturated heterocycles. The van der Waals surface area contributed by atoms with Crippen LogP contribution in [0.3, 0.4) is 0 Å². The van der Waals surface area contributed by atoms with Gasteiger partial charge in [0.25, 0.3) is 0 Å². The Labute approximate surface area is 223 Å². The molecule has 0 aliphatic carbocycles. The highest BCUT2D eigenvalue weighted by molar-refractivity contribution is 5.88. The van der Waals surface area contributed by atoms with Gasteiger partial charge in [-0.05, 0) is 13.5 Å². The van der Waals surface area contributed by atoms with E-state index in [9.17, 15) is 61.0 Å². The molecule has 0 saturated carbocycles. The van der Waals surface area contributed by atoms with Crippen molar-refractivity contribution in [3.8, 4) is 0 Å². The lowest BCUT2D eigenvalue weighted by Crippen LogP contribution is -2.62. The summed E-state index contributed by atoms with van der Waals surface area (Å²) in [6, 6.07) is -0.846. The Morgan fingerprint density at radius 1 is 0.795 bits per heavy atom. The minimum absolute atomic E-state index is 0.396. The number of carbonyl (C=O) groups excluding carboxylic acids is 1. The molecular formula is C22H41NO16. The first-order valence-electron chi connectivity index (χ1n) is 12.5. The van der Waals surface area contributed by atoms with Gasteiger partial charge < -0.3 is 80.4 Å². The minimum atomic E-state index is -2.10. The molecule has 17 nitrogen and oxygen atoms in total. The number of Topliss-reactive ketones (excluding diaryl/α,β-unsaturated/α-hetero) is 1. The summed E-state index contributed by atoms with van der Waals surface area (Å²) in [4.78, 5) is 12.1. The second-order valence-corrected chi connectivity index (χ2v) is 9.55. The van der Waals surface area contributed by atoms with Crippen molar-refractivity contribution in [3.63, 3.8) is 0 Å². The van der Waals surface area contributed by atoms with Crippen molar-refractivity contribution in [1.82, 2.24) is 5.32 Å². The van der Waals surface area contributed by atoms with E-state index < -0.39 is 117 Å². The molecule has 0 radical (unpaired) electrons. The maximum atomic E-state index is 12.1. The van der Waals surface area contributed by atoms with Gasteiger partial charge in [-0.1, -0.05) is 6.92 Å². The van der Waals surface area contributed by atoms with Crippen LogP contribution in [0.2, 0.25) is 0 Å².